The van der Waals surface area contributed by atoms with Crippen molar-refractivity contribution in [3.63, 3.8) is 0 Å². The van der Waals surface area contributed by atoms with Crippen molar-refractivity contribution in [2.75, 3.05) is 13.1 Å². The Morgan fingerprint density at radius 3 is 2.49 bits per heavy atom. The molecule has 4 nitrogen and oxygen atoms in total. The zero-order valence-electron chi connectivity index (χ0n) is 21.5. The van der Waals surface area contributed by atoms with Crippen LogP contribution in [-0.2, 0) is 6.61 Å². The Hall–Kier alpha value is -3.44. The van der Waals surface area contributed by atoms with Crippen LogP contribution in [0, 0.1) is 11.2 Å². The van der Waals surface area contributed by atoms with Crippen LogP contribution in [0.15, 0.2) is 72.8 Å². The van der Waals surface area contributed by atoms with Gasteiger partial charge in [-0.1, -0.05) is 56.3 Å². The highest BCUT2D eigenvalue weighted by Crippen LogP contribution is 2.48. The number of fused-ring (bicyclic) bond motifs is 1. The number of hydrogen-bond acceptors (Lipinski definition) is 4. The first-order valence-corrected chi connectivity index (χ1v) is 13.3. The molecule has 2 fully saturated rings. The number of ether oxygens (including phenoxy) is 2. The molecule has 1 N–H and O–H groups in total. The predicted molar refractivity (Wildman–Crippen MR) is 146 cm³/mol. The van der Waals surface area contributed by atoms with Crippen molar-refractivity contribution in [2.24, 2.45) is 5.41 Å². The van der Waals surface area contributed by atoms with Gasteiger partial charge in [0.1, 0.15) is 24.3 Å². The van der Waals surface area contributed by atoms with E-state index in [1.807, 2.05) is 42.5 Å². The summed E-state index contributed by atoms with van der Waals surface area (Å²) in [5, 5.41) is 5.48. The SMILES string of the molecule is CC(C)c1nc(OC2CC3(CCNC3)C2)c2cc(OCc3ccccc3)ccc2c1-c1ccc(F)cc1. The Bertz CT molecular complexity index is 1390. The lowest BCUT2D eigenvalue weighted by atomic mass is 9.66. The third kappa shape index (κ3) is 4.80. The lowest BCUT2D eigenvalue weighted by Crippen LogP contribution is -2.45. The quantitative estimate of drug-likeness (QED) is 0.292. The Balaban J connectivity index is 1.41. The van der Waals surface area contributed by atoms with Crippen LogP contribution < -0.4 is 14.8 Å². The average Bonchev–Trinajstić information content (AvgIpc) is 3.38. The highest BCUT2D eigenvalue weighted by molar-refractivity contribution is 6.01. The van der Waals surface area contributed by atoms with E-state index in [0.717, 1.165) is 64.8 Å². The second-order valence-corrected chi connectivity index (χ2v) is 10.9. The first-order chi connectivity index (χ1) is 18.0. The van der Waals surface area contributed by atoms with Gasteiger partial charge in [-0.25, -0.2) is 9.37 Å². The van der Waals surface area contributed by atoms with Gasteiger partial charge in [0.05, 0.1) is 5.69 Å². The molecule has 2 aliphatic rings. The highest BCUT2D eigenvalue weighted by atomic mass is 19.1. The molecular weight excluding hydrogens is 463 g/mol. The number of pyridine rings is 1. The molecule has 1 spiro atoms. The minimum Gasteiger partial charge on any atom is -0.489 e. The Morgan fingerprint density at radius 1 is 1.00 bits per heavy atom. The number of aromatic nitrogens is 1. The van der Waals surface area contributed by atoms with E-state index >= 15 is 0 Å². The summed E-state index contributed by atoms with van der Waals surface area (Å²) in [4.78, 5) is 5.11. The van der Waals surface area contributed by atoms with Gasteiger partial charge in [-0.15, -0.1) is 0 Å². The molecule has 5 heteroatoms. The molecule has 1 saturated carbocycles. The van der Waals surface area contributed by atoms with Crippen LogP contribution in [0.4, 0.5) is 4.39 Å². The van der Waals surface area contributed by atoms with Crippen LogP contribution in [0.1, 0.15) is 50.3 Å². The van der Waals surface area contributed by atoms with Crippen LogP contribution >= 0.6 is 0 Å². The molecule has 37 heavy (non-hydrogen) atoms. The van der Waals surface area contributed by atoms with Crippen molar-refractivity contribution >= 4 is 10.8 Å². The molecule has 6 rings (SSSR count). The summed E-state index contributed by atoms with van der Waals surface area (Å²) < 4.78 is 26.6. The molecule has 0 radical (unpaired) electrons. The second kappa shape index (κ2) is 9.79. The van der Waals surface area contributed by atoms with Crippen molar-refractivity contribution in [1.29, 1.82) is 0 Å². The smallest absolute Gasteiger partial charge is 0.222 e. The fourth-order valence-electron chi connectivity index (χ4n) is 5.83. The first kappa shape index (κ1) is 23.9. The molecule has 0 atom stereocenters. The van der Waals surface area contributed by atoms with Crippen LogP contribution in [-0.4, -0.2) is 24.2 Å². The summed E-state index contributed by atoms with van der Waals surface area (Å²) in [6.07, 6.45) is 3.51. The minimum absolute atomic E-state index is 0.168. The Labute approximate surface area is 217 Å². The van der Waals surface area contributed by atoms with Gasteiger partial charge in [0.15, 0.2) is 0 Å². The van der Waals surface area contributed by atoms with Crippen molar-refractivity contribution < 1.29 is 13.9 Å². The molecule has 4 aromatic rings. The fourth-order valence-corrected chi connectivity index (χ4v) is 5.83. The summed E-state index contributed by atoms with van der Waals surface area (Å²) in [6, 6.07) is 23.0. The van der Waals surface area contributed by atoms with Crippen LogP contribution in [0.2, 0.25) is 0 Å². The first-order valence-electron chi connectivity index (χ1n) is 13.3. The standard InChI is InChI=1S/C32H33FN2O2/c1-21(2)30-29(23-8-10-24(33)11-9-23)27-13-12-25(36-19-22-6-4-3-5-7-22)16-28(27)31(35-30)37-26-17-32(18-26)14-15-34-20-32/h3-13,16,21,26,34H,14-15,17-20H2,1-2H3. The van der Waals surface area contributed by atoms with E-state index in [1.165, 1.54) is 18.6 Å². The predicted octanol–water partition coefficient (Wildman–Crippen LogP) is 7.26. The van der Waals surface area contributed by atoms with Crippen LogP contribution in [0.5, 0.6) is 11.6 Å². The zero-order chi connectivity index (χ0) is 25.4. The minimum atomic E-state index is -0.246. The molecule has 1 saturated heterocycles. The van der Waals surface area contributed by atoms with E-state index in [-0.39, 0.29) is 17.8 Å². The van der Waals surface area contributed by atoms with Crippen molar-refractivity contribution in [1.82, 2.24) is 10.3 Å². The normalized spacial score (nSPS) is 20.9. The molecule has 1 aliphatic heterocycles. The molecule has 0 amide bonds. The summed E-state index contributed by atoms with van der Waals surface area (Å²) in [6.45, 7) is 6.96. The van der Waals surface area contributed by atoms with Crippen molar-refractivity contribution in [3.05, 3.63) is 89.9 Å². The molecular formula is C32H33FN2O2. The molecule has 3 aromatic carbocycles. The largest absolute Gasteiger partial charge is 0.489 e. The third-order valence-electron chi connectivity index (χ3n) is 7.83. The number of hydrogen-bond donors (Lipinski definition) is 1. The zero-order valence-corrected chi connectivity index (χ0v) is 21.5. The number of rotatable bonds is 7. The number of benzene rings is 3. The average molecular weight is 497 g/mol. The van der Waals surface area contributed by atoms with Crippen molar-refractivity contribution in [3.8, 4) is 22.8 Å². The van der Waals surface area contributed by atoms with E-state index in [4.69, 9.17) is 14.5 Å². The van der Waals surface area contributed by atoms with E-state index in [2.05, 4.69) is 37.4 Å². The molecule has 1 aliphatic carbocycles. The van der Waals surface area contributed by atoms with E-state index in [1.54, 1.807) is 0 Å². The van der Waals surface area contributed by atoms with Gasteiger partial charge in [0, 0.05) is 17.5 Å². The maximum Gasteiger partial charge on any atom is 0.222 e. The van der Waals surface area contributed by atoms with Gasteiger partial charge < -0.3 is 14.8 Å². The summed E-state index contributed by atoms with van der Waals surface area (Å²) in [5.41, 5.74) is 4.44. The van der Waals surface area contributed by atoms with Gasteiger partial charge in [0.25, 0.3) is 0 Å². The lowest BCUT2D eigenvalue weighted by molar-refractivity contribution is -0.00296. The van der Waals surface area contributed by atoms with Gasteiger partial charge in [-0.2, -0.15) is 0 Å². The van der Waals surface area contributed by atoms with Gasteiger partial charge >= 0.3 is 0 Å². The summed E-state index contributed by atoms with van der Waals surface area (Å²) in [7, 11) is 0. The van der Waals surface area contributed by atoms with Gasteiger partial charge in [-0.3, -0.25) is 0 Å². The van der Waals surface area contributed by atoms with E-state index < -0.39 is 0 Å². The summed E-state index contributed by atoms with van der Waals surface area (Å²) >= 11 is 0. The Kier molecular flexibility index (Phi) is 6.33. The molecule has 1 aromatic heterocycles. The summed E-state index contributed by atoms with van der Waals surface area (Å²) in [5.74, 6) is 1.37. The van der Waals surface area contributed by atoms with Crippen molar-refractivity contribution in [2.45, 2.75) is 51.7 Å². The fraction of sp³-hybridized carbons (Fsp3) is 0.344. The monoisotopic (exact) mass is 496 g/mol. The molecule has 190 valence electrons. The third-order valence-corrected chi connectivity index (χ3v) is 7.83. The van der Waals surface area contributed by atoms with Gasteiger partial charge in [0.2, 0.25) is 5.88 Å². The highest BCUT2D eigenvalue weighted by Gasteiger charge is 2.47. The Morgan fingerprint density at radius 2 is 1.78 bits per heavy atom. The van der Waals surface area contributed by atoms with Crippen LogP contribution in [0.25, 0.3) is 21.9 Å². The number of halogens is 1. The number of nitrogens with zero attached hydrogens (tertiary/aromatic N) is 1. The topological polar surface area (TPSA) is 43.4 Å². The number of nitrogens with one attached hydrogen (secondary N) is 1. The molecule has 0 bridgehead atoms. The maximum atomic E-state index is 13.8. The van der Waals surface area contributed by atoms with E-state index in [0.29, 0.717) is 17.9 Å². The second-order valence-electron chi connectivity index (χ2n) is 10.9. The molecule has 0 unspecified atom stereocenters. The van der Waals surface area contributed by atoms with Crippen LogP contribution in [0.3, 0.4) is 0 Å². The van der Waals surface area contributed by atoms with E-state index in [9.17, 15) is 4.39 Å². The molecule has 2 heterocycles. The van der Waals surface area contributed by atoms with Gasteiger partial charge in [-0.05, 0) is 84.0 Å². The maximum absolute atomic E-state index is 13.8. The lowest BCUT2D eigenvalue weighted by Gasteiger charge is -2.44.